The maximum atomic E-state index is 9.12. The summed E-state index contributed by atoms with van der Waals surface area (Å²) in [5, 5.41) is 17.4. The second-order valence-electron chi connectivity index (χ2n) is 2.45. The highest BCUT2D eigenvalue weighted by atomic mass is 16.3. The molecule has 1 rings (SSSR count). The van der Waals surface area contributed by atoms with Gasteiger partial charge in [0.2, 0.25) is 0 Å². The monoisotopic (exact) mass is 156 g/mol. The van der Waals surface area contributed by atoms with E-state index in [2.05, 4.69) is 0 Å². The third-order valence-corrected chi connectivity index (χ3v) is 1.63. The van der Waals surface area contributed by atoms with E-state index in [1.807, 2.05) is 31.7 Å². The maximum Gasteiger partial charge on any atom is 0.176 e. The first-order chi connectivity index (χ1) is 5.20. The molecular formula is C8H16N2O. The molecule has 0 bridgehead atoms. The Bertz CT molecular complexity index is 145. The van der Waals surface area contributed by atoms with Gasteiger partial charge in [-0.1, -0.05) is 20.8 Å². The van der Waals surface area contributed by atoms with E-state index in [1.54, 1.807) is 0 Å². The van der Waals surface area contributed by atoms with E-state index >= 15 is 0 Å². The molecule has 0 aromatic heterocycles. The Kier molecular flexibility index (Phi) is 4.09. The van der Waals surface area contributed by atoms with Gasteiger partial charge in [-0.05, 0) is 6.54 Å². The molecule has 11 heavy (non-hydrogen) atoms. The van der Waals surface area contributed by atoms with Crippen molar-refractivity contribution < 1.29 is 5.11 Å². The minimum atomic E-state index is -1.03. The summed E-state index contributed by atoms with van der Waals surface area (Å²) in [5.41, 5.74) is -1.03. The lowest BCUT2D eigenvalue weighted by Crippen LogP contribution is -2.60. The Balaban J connectivity index is 0.000000461. The van der Waals surface area contributed by atoms with Gasteiger partial charge in [-0.3, -0.25) is 4.90 Å². The Labute approximate surface area is 68.2 Å². The van der Waals surface area contributed by atoms with Gasteiger partial charge in [0.1, 0.15) is 6.07 Å². The van der Waals surface area contributed by atoms with Crippen molar-refractivity contribution in [2.24, 2.45) is 0 Å². The second kappa shape index (κ2) is 4.32. The highest BCUT2D eigenvalue weighted by molar-refractivity contribution is 5.10. The summed E-state index contributed by atoms with van der Waals surface area (Å²) in [4.78, 5) is 2.02. The fourth-order valence-corrected chi connectivity index (χ4v) is 0.988. The second-order valence-corrected chi connectivity index (χ2v) is 2.45. The summed E-state index contributed by atoms with van der Waals surface area (Å²) in [5.74, 6) is 0. The summed E-state index contributed by atoms with van der Waals surface area (Å²) in [6.45, 7) is 7.96. The van der Waals surface area contributed by atoms with Crippen LogP contribution < -0.4 is 0 Å². The van der Waals surface area contributed by atoms with Crippen LogP contribution >= 0.6 is 0 Å². The van der Waals surface area contributed by atoms with Crippen LogP contribution in [-0.4, -0.2) is 35.2 Å². The van der Waals surface area contributed by atoms with Crippen LogP contribution in [0.5, 0.6) is 0 Å². The van der Waals surface area contributed by atoms with Crippen LogP contribution in [0.4, 0.5) is 0 Å². The van der Waals surface area contributed by atoms with Crippen molar-refractivity contribution in [3.63, 3.8) is 0 Å². The van der Waals surface area contributed by atoms with Crippen molar-refractivity contribution in [3.8, 4) is 6.07 Å². The van der Waals surface area contributed by atoms with Crippen LogP contribution in [-0.2, 0) is 0 Å². The van der Waals surface area contributed by atoms with Crippen molar-refractivity contribution in [1.29, 1.82) is 5.26 Å². The number of likely N-dealkylation sites (tertiary alicyclic amines) is 1. The van der Waals surface area contributed by atoms with Crippen molar-refractivity contribution in [2.75, 3.05) is 19.6 Å². The lowest BCUT2D eigenvalue weighted by Gasteiger charge is -2.40. The average Bonchev–Trinajstić information content (AvgIpc) is 2.02. The SMILES string of the molecule is CC.CCN1CC(O)(C#N)C1. The van der Waals surface area contributed by atoms with Crippen LogP contribution in [0, 0.1) is 11.3 Å². The molecule has 3 heteroatoms. The summed E-state index contributed by atoms with van der Waals surface area (Å²) in [7, 11) is 0. The molecular weight excluding hydrogens is 140 g/mol. The molecule has 1 saturated heterocycles. The number of rotatable bonds is 1. The van der Waals surface area contributed by atoms with Gasteiger partial charge in [-0.15, -0.1) is 0 Å². The van der Waals surface area contributed by atoms with Crippen molar-refractivity contribution in [1.82, 2.24) is 4.90 Å². The maximum absolute atomic E-state index is 9.12. The number of nitriles is 1. The summed E-state index contributed by atoms with van der Waals surface area (Å²) in [6, 6.07) is 1.86. The van der Waals surface area contributed by atoms with E-state index in [4.69, 9.17) is 10.4 Å². The highest BCUT2D eigenvalue weighted by Gasteiger charge is 2.40. The summed E-state index contributed by atoms with van der Waals surface area (Å²) >= 11 is 0. The van der Waals surface area contributed by atoms with E-state index in [-0.39, 0.29) is 0 Å². The number of hydrogen-bond donors (Lipinski definition) is 1. The van der Waals surface area contributed by atoms with Crippen molar-refractivity contribution in [2.45, 2.75) is 26.4 Å². The minimum Gasteiger partial charge on any atom is -0.373 e. The smallest absolute Gasteiger partial charge is 0.176 e. The van der Waals surface area contributed by atoms with E-state index < -0.39 is 5.60 Å². The predicted octanol–water partition coefficient (Wildman–Crippen LogP) is 0.603. The van der Waals surface area contributed by atoms with E-state index in [1.165, 1.54) is 0 Å². The third kappa shape index (κ3) is 2.49. The fourth-order valence-electron chi connectivity index (χ4n) is 0.988. The molecule has 1 N–H and O–H groups in total. The van der Waals surface area contributed by atoms with Crippen LogP contribution in [0.3, 0.4) is 0 Å². The van der Waals surface area contributed by atoms with Crippen molar-refractivity contribution in [3.05, 3.63) is 0 Å². The molecule has 0 atom stereocenters. The van der Waals surface area contributed by atoms with Gasteiger partial charge in [-0.2, -0.15) is 5.26 Å². The van der Waals surface area contributed by atoms with Gasteiger partial charge in [0.15, 0.2) is 5.60 Å². The molecule has 3 nitrogen and oxygen atoms in total. The summed E-state index contributed by atoms with van der Waals surface area (Å²) in [6.07, 6.45) is 0. The molecule has 0 aliphatic carbocycles. The van der Waals surface area contributed by atoms with Gasteiger partial charge in [0.05, 0.1) is 0 Å². The minimum absolute atomic E-state index is 0.514. The van der Waals surface area contributed by atoms with Crippen LogP contribution in [0.15, 0.2) is 0 Å². The molecule has 1 aliphatic heterocycles. The van der Waals surface area contributed by atoms with Gasteiger partial charge >= 0.3 is 0 Å². The number of nitrogens with zero attached hydrogens (tertiary/aromatic N) is 2. The zero-order chi connectivity index (χ0) is 8.91. The number of aliphatic hydroxyl groups is 1. The molecule has 0 radical (unpaired) electrons. The Morgan fingerprint density at radius 2 is 2.00 bits per heavy atom. The molecule has 0 aromatic carbocycles. The largest absolute Gasteiger partial charge is 0.373 e. The zero-order valence-electron chi connectivity index (χ0n) is 7.46. The lowest BCUT2D eigenvalue weighted by atomic mass is 9.97. The first-order valence-electron chi connectivity index (χ1n) is 4.06. The molecule has 0 amide bonds. The number of likely N-dealkylation sites (N-methyl/N-ethyl adjacent to an activating group) is 1. The van der Waals surface area contributed by atoms with E-state index in [0.717, 1.165) is 6.54 Å². The Hall–Kier alpha value is -0.590. The molecule has 1 aliphatic rings. The van der Waals surface area contributed by atoms with Crippen LogP contribution in [0.1, 0.15) is 20.8 Å². The highest BCUT2D eigenvalue weighted by Crippen LogP contribution is 2.18. The topological polar surface area (TPSA) is 47.3 Å². The number of hydrogen-bond acceptors (Lipinski definition) is 3. The normalized spacial score (nSPS) is 20.6. The van der Waals surface area contributed by atoms with Gasteiger partial charge in [0, 0.05) is 13.1 Å². The first kappa shape index (κ1) is 10.4. The molecule has 0 spiro atoms. The molecule has 0 aromatic rings. The number of β-amino-alcohol motifs (C(OH)–C–C–N with tert-alkyl or cyclic N) is 1. The first-order valence-corrected chi connectivity index (χ1v) is 4.06. The van der Waals surface area contributed by atoms with Gasteiger partial charge in [0.25, 0.3) is 0 Å². The van der Waals surface area contributed by atoms with Gasteiger partial charge < -0.3 is 5.11 Å². The average molecular weight is 156 g/mol. The van der Waals surface area contributed by atoms with Crippen LogP contribution in [0.25, 0.3) is 0 Å². The van der Waals surface area contributed by atoms with Crippen LogP contribution in [0.2, 0.25) is 0 Å². The van der Waals surface area contributed by atoms with Crippen molar-refractivity contribution >= 4 is 0 Å². The van der Waals surface area contributed by atoms with Gasteiger partial charge in [-0.25, -0.2) is 0 Å². The Morgan fingerprint density at radius 3 is 2.27 bits per heavy atom. The Morgan fingerprint density at radius 1 is 1.55 bits per heavy atom. The molecule has 0 unspecified atom stereocenters. The van der Waals surface area contributed by atoms with E-state index in [9.17, 15) is 0 Å². The molecule has 0 saturated carbocycles. The molecule has 64 valence electrons. The molecule has 1 heterocycles. The zero-order valence-corrected chi connectivity index (χ0v) is 7.46. The lowest BCUT2D eigenvalue weighted by molar-refractivity contribution is -0.0516. The molecule has 1 fully saturated rings. The predicted molar refractivity (Wildman–Crippen MR) is 44.0 cm³/mol. The standard InChI is InChI=1S/C6H10N2O.C2H6/c1-2-8-4-6(9,3-7)5-8;1-2/h9H,2,4-5H2,1H3;1-2H3. The van der Waals surface area contributed by atoms with E-state index in [0.29, 0.717) is 13.1 Å². The third-order valence-electron chi connectivity index (χ3n) is 1.63. The quantitative estimate of drug-likeness (QED) is 0.566. The fraction of sp³-hybridized carbons (Fsp3) is 0.875. The summed E-state index contributed by atoms with van der Waals surface area (Å²) < 4.78 is 0.